The molecule has 5 atom stereocenters. The Kier molecular flexibility index (Phi) is 5.03. The molecule has 0 spiro atoms. The lowest BCUT2D eigenvalue weighted by Crippen LogP contribution is -2.26. The third kappa shape index (κ3) is 3.49. The van der Waals surface area contributed by atoms with Crippen LogP contribution in [-0.4, -0.2) is 22.6 Å². The Morgan fingerprint density at radius 2 is 1.95 bits per heavy atom. The van der Waals surface area contributed by atoms with Crippen LogP contribution >= 0.6 is 0 Å². The van der Waals surface area contributed by atoms with Gasteiger partial charge in [-0.15, -0.1) is 13.2 Å². The molecule has 5 aliphatic rings. The molecule has 2 heterocycles. The molecule has 0 radical (unpaired) electrons. The Morgan fingerprint density at radius 1 is 1.16 bits per heavy atom. The van der Waals surface area contributed by atoms with E-state index >= 15 is 0 Å². The van der Waals surface area contributed by atoms with Gasteiger partial charge in [0.15, 0.2) is 0 Å². The molecule has 6 nitrogen and oxygen atoms in total. The molecule has 0 aliphatic heterocycles. The number of rotatable bonds is 7. The average molecular weight is 522 g/mol. The summed E-state index contributed by atoms with van der Waals surface area (Å²) in [5.41, 5.74) is 3.21. The van der Waals surface area contributed by atoms with E-state index in [2.05, 4.69) is 27.9 Å². The Balaban J connectivity index is 1.11. The van der Waals surface area contributed by atoms with Crippen molar-refractivity contribution in [2.45, 2.75) is 69.4 Å². The van der Waals surface area contributed by atoms with Crippen molar-refractivity contribution in [2.24, 2.45) is 17.3 Å². The fourth-order valence-corrected chi connectivity index (χ4v) is 7.39. The van der Waals surface area contributed by atoms with E-state index in [4.69, 9.17) is 14.5 Å². The molecule has 3 aromatic rings. The van der Waals surface area contributed by atoms with E-state index in [-0.39, 0.29) is 40.8 Å². The quantitative estimate of drug-likeness (QED) is 0.346. The summed E-state index contributed by atoms with van der Waals surface area (Å²) in [6.45, 7) is 2.57. The molecule has 2 bridgehead atoms. The van der Waals surface area contributed by atoms with Crippen molar-refractivity contribution in [2.75, 3.05) is 0 Å². The van der Waals surface area contributed by atoms with E-state index in [1.807, 2.05) is 12.1 Å². The summed E-state index contributed by atoms with van der Waals surface area (Å²) in [6.07, 6.45) is 1.60. The standard InChI is InChI=1S/C29H26F3N3O3/c1-27-21-12-18(10-11-28(27,26(21)27)23-9-6-16(13-33)14-34-23)36-15-20-24(35-38-25(20)17-7-8-17)19-4-2-3-5-22(19)37-29(30,31)32/h2-6,9,14,17-18,21,26H,7-8,10-12,15H2,1H3/t18-,21?,26?,27?,28?/m0/s1. The van der Waals surface area contributed by atoms with Gasteiger partial charge in [-0.2, -0.15) is 5.26 Å². The maximum Gasteiger partial charge on any atom is 0.573 e. The predicted octanol–water partition coefficient (Wildman–Crippen LogP) is 6.66. The first-order valence-electron chi connectivity index (χ1n) is 13.1. The van der Waals surface area contributed by atoms with Gasteiger partial charge in [0, 0.05) is 34.4 Å². The van der Waals surface area contributed by atoms with Gasteiger partial charge in [0.05, 0.1) is 18.3 Å². The minimum Gasteiger partial charge on any atom is -0.405 e. The highest BCUT2D eigenvalue weighted by Crippen LogP contribution is 2.93. The molecule has 38 heavy (non-hydrogen) atoms. The lowest BCUT2D eigenvalue weighted by Gasteiger charge is -2.27. The number of fused-ring (bicyclic) bond motifs is 3. The first-order chi connectivity index (χ1) is 18.3. The maximum absolute atomic E-state index is 13.1. The van der Waals surface area contributed by atoms with Gasteiger partial charge in [-0.05, 0) is 73.6 Å². The molecule has 5 fully saturated rings. The molecule has 4 unspecified atom stereocenters. The lowest BCUT2D eigenvalue weighted by atomic mass is 9.78. The first-order valence-corrected chi connectivity index (χ1v) is 13.1. The van der Waals surface area contributed by atoms with Crippen LogP contribution in [0.15, 0.2) is 47.1 Å². The monoisotopic (exact) mass is 521 g/mol. The molecule has 9 heteroatoms. The molecular formula is C29H26F3N3O3. The van der Waals surface area contributed by atoms with E-state index < -0.39 is 6.36 Å². The van der Waals surface area contributed by atoms with Gasteiger partial charge in [0.1, 0.15) is 23.3 Å². The van der Waals surface area contributed by atoms with Gasteiger partial charge in [-0.3, -0.25) is 4.98 Å². The fraction of sp³-hybridized carbons (Fsp3) is 0.483. The molecule has 196 valence electrons. The van der Waals surface area contributed by atoms with Crippen LogP contribution in [0.1, 0.15) is 67.5 Å². The number of alkyl halides is 3. The number of pyridine rings is 1. The highest BCUT2D eigenvalue weighted by atomic mass is 19.4. The van der Waals surface area contributed by atoms with Crippen molar-refractivity contribution < 1.29 is 27.2 Å². The third-order valence-electron chi connectivity index (χ3n) is 9.44. The number of hydrogen-bond donors (Lipinski definition) is 0. The summed E-state index contributed by atoms with van der Waals surface area (Å²) in [6, 6.07) is 12.0. The fourth-order valence-electron chi connectivity index (χ4n) is 7.39. The number of hydrogen-bond acceptors (Lipinski definition) is 6. The zero-order valence-corrected chi connectivity index (χ0v) is 20.8. The van der Waals surface area contributed by atoms with Crippen molar-refractivity contribution >= 4 is 0 Å². The highest BCUT2D eigenvalue weighted by molar-refractivity contribution is 5.70. The van der Waals surface area contributed by atoms with Gasteiger partial charge in [0.25, 0.3) is 0 Å². The molecule has 1 aromatic carbocycles. The maximum atomic E-state index is 13.1. The minimum absolute atomic E-state index is 0.0311. The van der Waals surface area contributed by atoms with Crippen LogP contribution in [0.2, 0.25) is 0 Å². The summed E-state index contributed by atoms with van der Waals surface area (Å²) in [4.78, 5) is 4.64. The normalized spacial score (nSPS) is 31.2. The number of ether oxygens (including phenoxy) is 2. The van der Waals surface area contributed by atoms with E-state index in [9.17, 15) is 13.2 Å². The zero-order valence-electron chi connectivity index (χ0n) is 20.8. The first kappa shape index (κ1) is 23.7. The predicted molar refractivity (Wildman–Crippen MR) is 129 cm³/mol. The van der Waals surface area contributed by atoms with Gasteiger partial charge in [0.2, 0.25) is 0 Å². The summed E-state index contributed by atoms with van der Waals surface area (Å²) in [5, 5.41) is 13.3. The number of aromatic nitrogens is 2. The molecule has 5 saturated carbocycles. The molecule has 2 aromatic heterocycles. The Morgan fingerprint density at radius 3 is 2.63 bits per heavy atom. The minimum atomic E-state index is -4.81. The van der Waals surface area contributed by atoms with Gasteiger partial charge < -0.3 is 14.0 Å². The zero-order chi connectivity index (χ0) is 26.3. The summed E-state index contributed by atoms with van der Waals surface area (Å²) in [7, 11) is 0. The van der Waals surface area contributed by atoms with E-state index in [0.717, 1.165) is 37.8 Å². The second kappa shape index (κ2) is 8.06. The van der Waals surface area contributed by atoms with Crippen molar-refractivity contribution in [3.05, 3.63) is 65.2 Å². The van der Waals surface area contributed by atoms with Gasteiger partial charge in [-0.25, -0.2) is 0 Å². The molecule has 8 rings (SSSR count). The summed E-state index contributed by atoms with van der Waals surface area (Å²) in [5.74, 6) is 1.78. The molecule has 0 N–H and O–H groups in total. The molecule has 5 aliphatic carbocycles. The molecule has 0 amide bonds. The van der Waals surface area contributed by atoms with Crippen molar-refractivity contribution in [1.29, 1.82) is 5.26 Å². The van der Waals surface area contributed by atoms with Gasteiger partial charge in [-0.1, -0.05) is 24.2 Å². The number of halogens is 3. The summed E-state index contributed by atoms with van der Waals surface area (Å²) < 4.78 is 55.6. The van der Waals surface area contributed by atoms with Crippen molar-refractivity contribution in [1.82, 2.24) is 10.1 Å². The second-order valence-corrected chi connectivity index (χ2v) is 11.3. The van der Waals surface area contributed by atoms with Crippen LogP contribution in [0.3, 0.4) is 0 Å². The molecular weight excluding hydrogens is 495 g/mol. The van der Waals surface area contributed by atoms with Gasteiger partial charge >= 0.3 is 6.36 Å². The van der Waals surface area contributed by atoms with Crippen LogP contribution in [0, 0.1) is 28.6 Å². The van der Waals surface area contributed by atoms with Crippen molar-refractivity contribution in [3.8, 4) is 23.1 Å². The van der Waals surface area contributed by atoms with Crippen LogP contribution < -0.4 is 4.74 Å². The molecule has 0 saturated heterocycles. The third-order valence-corrected chi connectivity index (χ3v) is 9.44. The number of nitrogens with zero attached hydrogens (tertiary/aromatic N) is 3. The van der Waals surface area contributed by atoms with Crippen LogP contribution in [0.4, 0.5) is 13.2 Å². The number of nitriles is 1. The van der Waals surface area contributed by atoms with E-state index in [1.165, 1.54) is 12.1 Å². The van der Waals surface area contributed by atoms with E-state index in [1.54, 1.807) is 18.3 Å². The van der Waals surface area contributed by atoms with Crippen LogP contribution in [-0.2, 0) is 16.8 Å². The van der Waals surface area contributed by atoms with Crippen LogP contribution in [0.25, 0.3) is 11.3 Å². The number of benzene rings is 1. The SMILES string of the molecule is CC12C3C[C@@H](OCc4c(-c5ccccc5OC(F)(F)F)noc4C4CC4)CCC1(c1ccc(C#N)cn1)C32. The van der Waals surface area contributed by atoms with E-state index in [0.29, 0.717) is 34.4 Å². The largest absolute Gasteiger partial charge is 0.573 e. The summed E-state index contributed by atoms with van der Waals surface area (Å²) >= 11 is 0. The second-order valence-electron chi connectivity index (χ2n) is 11.3. The Bertz CT molecular complexity index is 1440. The lowest BCUT2D eigenvalue weighted by molar-refractivity contribution is -0.274. The Hall–Kier alpha value is -3.38. The van der Waals surface area contributed by atoms with Crippen LogP contribution in [0.5, 0.6) is 5.75 Å². The van der Waals surface area contributed by atoms with Crippen molar-refractivity contribution in [3.63, 3.8) is 0 Å². The topological polar surface area (TPSA) is 81.2 Å². The number of para-hydroxylation sites is 1. The highest BCUT2D eigenvalue weighted by Gasteiger charge is 2.93. The smallest absolute Gasteiger partial charge is 0.405 e. The average Bonchev–Trinajstić information content (AvgIpc) is 3.84. The Labute approximate surface area is 217 Å².